The molecule has 114 valence electrons. The second-order valence-electron chi connectivity index (χ2n) is 4.30. The molecule has 0 fully saturated rings. The van der Waals surface area contributed by atoms with E-state index in [4.69, 9.17) is 5.73 Å². The van der Waals surface area contributed by atoms with E-state index >= 15 is 0 Å². The molecular formula is C12H17F3N2O2S. The third-order valence-electron chi connectivity index (χ3n) is 2.63. The smallest absolute Gasteiger partial charge is 0.326 e. The van der Waals surface area contributed by atoms with Crippen molar-refractivity contribution in [1.82, 2.24) is 4.31 Å². The highest BCUT2D eigenvalue weighted by Crippen LogP contribution is 2.23. The molecule has 1 rings (SSSR count). The molecule has 0 aliphatic heterocycles. The van der Waals surface area contributed by atoms with E-state index in [1.807, 2.05) is 0 Å². The molecule has 2 N–H and O–H groups in total. The van der Waals surface area contributed by atoms with Crippen LogP contribution in [0.25, 0.3) is 0 Å². The minimum atomic E-state index is -4.57. The maximum atomic E-state index is 12.5. The van der Waals surface area contributed by atoms with Crippen molar-refractivity contribution in [2.45, 2.75) is 31.0 Å². The van der Waals surface area contributed by atoms with Crippen LogP contribution in [0.2, 0.25) is 0 Å². The normalized spacial score (nSPS) is 12.9. The first-order valence-electron chi connectivity index (χ1n) is 6.06. The molecule has 0 amide bonds. The van der Waals surface area contributed by atoms with E-state index in [0.29, 0.717) is 16.3 Å². The van der Waals surface area contributed by atoms with Crippen LogP contribution in [0.15, 0.2) is 29.2 Å². The van der Waals surface area contributed by atoms with Crippen molar-refractivity contribution in [3.8, 4) is 0 Å². The molecule has 1 aromatic carbocycles. The van der Waals surface area contributed by atoms with Crippen LogP contribution in [0.5, 0.6) is 0 Å². The second-order valence-corrected chi connectivity index (χ2v) is 6.24. The fourth-order valence-corrected chi connectivity index (χ4v) is 3.20. The number of nitrogens with zero attached hydrogens (tertiary/aromatic N) is 1. The molecular weight excluding hydrogens is 293 g/mol. The highest BCUT2D eigenvalue weighted by Gasteiger charge is 2.36. The molecule has 0 unspecified atom stereocenters. The Morgan fingerprint density at radius 2 is 1.75 bits per heavy atom. The first-order valence-corrected chi connectivity index (χ1v) is 7.50. The molecule has 20 heavy (non-hydrogen) atoms. The standard InChI is InChI=1S/C12H17F3N2O2S/c1-2-7-17(9-12(13,14)15)20(18,19)11-5-3-10(8-16)4-6-11/h3-6H,2,7-9,16H2,1H3. The van der Waals surface area contributed by atoms with Crippen molar-refractivity contribution in [1.29, 1.82) is 0 Å². The van der Waals surface area contributed by atoms with Crippen LogP contribution >= 0.6 is 0 Å². The van der Waals surface area contributed by atoms with Gasteiger partial charge in [-0.15, -0.1) is 0 Å². The lowest BCUT2D eigenvalue weighted by Crippen LogP contribution is -2.39. The molecule has 0 atom stereocenters. The first-order chi connectivity index (χ1) is 9.20. The van der Waals surface area contributed by atoms with E-state index in [1.54, 1.807) is 6.92 Å². The second kappa shape index (κ2) is 6.55. The topological polar surface area (TPSA) is 63.4 Å². The Morgan fingerprint density at radius 1 is 1.20 bits per heavy atom. The summed E-state index contributed by atoms with van der Waals surface area (Å²) in [6.07, 6.45) is -4.27. The Hall–Kier alpha value is -1.12. The van der Waals surface area contributed by atoms with Crippen LogP contribution in [0.4, 0.5) is 13.2 Å². The van der Waals surface area contributed by atoms with Gasteiger partial charge in [-0.05, 0) is 24.1 Å². The molecule has 1 aromatic rings. The van der Waals surface area contributed by atoms with Gasteiger partial charge in [-0.3, -0.25) is 0 Å². The number of sulfonamides is 1. The molecule has 8 heteroatoms. The van der Waals surface area contributed by atoms with E-state index in [0.717, 1.165) is 0 Å². The van der Waals surface area contributed by atoms with E-state index in [1.165, 1.54) is 24.3 Å². The molecule has 0 saturated heterocycles. The van der Waals surface area contributed by atoms with E-state index in [2.05, 4.69) is 0 Å². The van der Waals surface area contributed by atoms with Crippen LogP contribution < -0.4 is 5.73 Å². The zero-order valence-electron chi connectivity index (χ0n) is 11.0. The van der Waals surface area contributed by atoms with E-state index in [-0.39, 0.29) is 18.0 Å². The number of alkyl halides is 3. The Labute approximate surface area is 116 Å². The van der Waals surface area contributed by atoms with Gasteiger partial charge in [0.1, 0.15) is 6.54 Å². The highest BCUT2D eigenvalue weighted by atomic mass is 32.2. The monoisotopic (exact) mass is 310 g/mol. The Morgan fingerprint density at radius 3 is 2.15 bits per heavy atom. The van der Waals surface area contributed by atoms with Gasteiger partial charge in [0.15, 0.2) is 0 Å². The predicted octanol–water partition coefficient (Wildman–Crippen LogP) is 2.11. The van der Waals surface area contributed by atoms with Gasteiger partial charge in [-0.25, -0.2) is 8.42 Å². The quantitative estimate of drug-likeness (QED) is 0.875. The van der Waals surface area contributed by atoms with E-state index < -0.39 is 22.7 Å². The minimum absolute atomic E-state index is 0.160. The number of rotatable bonds is 6. The van der Waals surface area contributed by atoms with Crippen LogP contribution in [0.3, 0.4) is 0 Å². The lowest BCUT2D eigenvalue weighted by molar-refractivity contribution is -0.136. The van der Waals surface area contributed by atoms with E-state index in [9.17, 15) is 21.6 Å². The summed E-state index contributed by atoms with van der Waals surface area (Å²) >= 11 is 0. The van der Waals surface area contributed by atoms with Gasteiger partial charge in [-0.1, -0.05) is 19.1 Å². The van der Waals surface area contributed by atoms with Gasteiger partial charge >= 0.3 is 6.18 Å². The number of hydrogen-bond acceptors (Lipinski definition) is 3. The van der Waals surface area contributed by atoms with Crippen LogP contribution in [-0.2, 0) is 16.6 Å². The summed E-state index contributed by atoms with van der Waals surface area (Å²) in [5, 5.41) is 0. The maximum absolute atomic E-state index is 12.5. The average molecular weight is 310 g/mol. The fraction of sp³-hybridized carbons (Fsp3) is 0.500. The van der Waals surface area contributed by atoms with Crippen molar-refractivity contribution < 1.29 is 21.6 Å². The summed E-state index contributed by atoms with van der Waals surface area (Å²) in [5.41, 5.74) is 6.10. The number of benzene rings is 1. The van der Waals surface area contributed by atoms with Gasteiger partial charge in [0.25, 0.3) is 0 Å². The highest BCUT2D eigenvalue weighted by molar-refractivity contribution is 7.89. The van der Waals surface area contributed by atoms with Crippen molar-refractivity contribution >= 4 is 10.0 Å². The Kier molecular flexibility index (Phi) is 5.55. The van der Waals surface area contributed by atoms with Crippen molar-refractivity contribution in [2.24, 2.45) is 5.73 Å². The maximum Gasteiger partial charge on any atom is 0.402 e. The number of halogens is 3. The molecule has 0 aliphatic carbocycles. The Bertz CT molecular complexity index is 527. The minimum Gasteiger partial charge on any atom is -0.326 e. The zero-order chi connectivity index (χ0) is 15.4. The van der Waals surface area contributed by atoms with Gasteiger partial charge in [-0.2, -0.15) is 17.5 Å². The largest absolute Gasteiger partial charge is 0.402 e. The lowest BCUT2D eigenvalue weighted by Gasteiger charge is -2.23. The summed E-state index contributed by atoms with van der Waals surface area (Å²) in [6.45, 7) is 0.195. The van der Waals surface area contributed by atoms with Gasteiger partial charge in [0.05, 0.1) is 4.90 Å². The summed E-state index contributed by atoms with van der Waals surface area (Å²) in [4.78, 5) is -0.160. The lowest BCUT2D eigenvalue weighted by atomic mass is 10.2. The fourth-order valence-electron chi connectivity index (χ4n) is 1.68. The third kappa shape index (κ3) is 4.46. The Balaban J connectivity index is 3.08. The molecule has 0 heterocycles. The SMILES string of the molecule is CCCN(CC(F)(F)F)S(=O)(=O)c1ccc(CN)cc1. The summed E-state index contributed by atoms with van der Waals surface area (Å²) in [6, 6.07) is 5.53. The van der Waals surface area contributed by atoms with Gasteiger partial charge in [0, 0.05) is 13.1 Å². The molecule has 0 bridgehead atoms. The summed E-state index contributed by atoms with van der Waals surface area (Å²) in [5.74, 6) is 0. The van der Waals surface area contributed by atoms with Crippen molar-refractivity contribution in [3.05, 3.63) is 29.8 Å². The number of hydrogen-bond donors (Lipinski definition) is 1. The molecule has 4 nitrogen and oxygen atoms in total. The zero-order valence-corrected chi connectivity index (χ0v) is 11.8. The molecule has 0 saturated carbocycles. The third-order valence-corrected chi connectivity index (χ3v) is 4.48. The van der Waals surface area contributed by atoms with Crippen LogP contribution in [-0.4, -0.2) is 32.0 Å². The number of nitrogens with two attached hydrogens (primary N) is 1. The first kappa shape index (κ1) is 16.9. The average Bonchev–Trinajstić information content (AvgIpc) is 2.37. The van der Waals surface area contributed by atoms with Crippen LogP contribution in [0, 0.1) is 0 Å². The molecule has 0 spiro atoms. The van der Waals surface area contributed by atoms with Gasteiger partial charge < -0.3 is 5.73 Å². The predicted molar refractivity (Wildman–Crippen MR) is 69.4 cm³/mol. The molecule has 0 radical (unpaired) electrons. The molecule has 0 aliphatic rings. The molecule has 0 aromatic heterocycles. The van der Waals surface area contributed by atoms with Crippen LogP contribution in [0.1, 0.15) is 18.9 Å². The van der Waals surface area contributed by atoms with Gasteiger partial charge in [0.2, 0.25) is 10.0 Å². The summed E-state index contributed by atoms with van der Waals surface area (Å²) in [7, 11) is -4.15. The van der Waals surface area contributed by atoms with Crippen molar-refractivity contribution in [2.75, 3.05) is 13.1 Å². The van der Waals surface area contributed by atoms with Crippen molar-refractivity contribution in [3.63, 3.8) is 0 Å². The summed E-state index contributed by atoms with van der Waals surface area (Å²) < 4.78 is 62.3.